The average molecular weight is 235 g/mol. The van der Waals surface area contributed by atoms with Gasteiger partial charge in [-0.05, 0) is 61.9 Å². The highest BCUT2D eigenvalue weighted by atomic mass is 19.1. The van der Waals surface area contributed by atoms with Crippen LogP contribution in [0, 0.1) is 18.7 Å². The van der Waals surface area contributed by atoms with Crippen molar-refractivity contribution in [2.75, 3.05) is 6.54 Å². The molecule has 1 atom stereocenters. The monoisotopic (exact) mass is 235 g/mol. The molecule has 17 heavy (non-hydrogen) atoms. The molecule has 0 aromatic heterocycles. The third-order valence-electron chi connectivity index (χ3n) is 3.72. The Morgan fingerprint density at radius 2 is 2.18 bits per heavy atom. The first kappa shape index (κ1) is 12.6. The summed E-state index contributed by atoms with van der Waals surface area (Å²) >= 11 is 0. The molecule has 1 heterocycles. The summed E-state index contributed by atoms with van der Waals surface area (Å²) in [6, 6.07) is 5.17. The zero-order chi connectivity index (χ0) is 12.5. The van der Waals surface area contributed by atoms with Crippen molar-refractivity contribution in [1.29, 1.82) is 0 Å². The number of hydrogen-bond donors (Lipinski definition) is 1. The maximum absolute atomic E-state index is 13.5. The van der Waals surface area contributed by atoms with E-state index in [1.165, 1.54) is 12.0 Å². The van der Waals surface area contributed by atoms with E-state index in [1.807, 2.05) is 6.07 Å². The van der Waals surface area contributed by atoms with Crippen molar-refractivity contribution in [2.24, 2.45) is 5.92 Å². The Morgan fingerprint density at radius 3 is 2.76 bits per heavy atom. The van der Waals surface area contributed by atoms with Crippen LogP contribution in [0.5, 0.6) is 0 Å². The van der Waals surface area contributed by atoms with Crippen LogP contribution in [0.15, 0.2) is 18.2 Å². The molecule has 94 valence electrons. The van der Waals surface area contributed by atoms with Gasteiger partial charge in [0.15, 0.2) is 0 Å². The molecule has 1 aliphatic rings. The van der Waals surface area contributed by atoms with Crippen LogP contribution in [-0.2, 0) is 5.54 Å². The van der Waals surface area contributed by atoms with Crippen molar-refractivity contribution >= 4 is 0 Å². The zero-order valence-corrected chi connectivity index (χ0v) is 11.0. The molecule has 0 amide bonds. The first-order chi connectivity index (χ1) is 8.03. The quantitative estimate of drug-likeness (QED) is 0.841. The van der Waals surface area contributed by atoms with Crippen LogP contribution < -0.4 is 5.32 Å². The summed E-state index contributed by atoms with van der Waals surface area (Å²) in [7, 11) is 0. The first-order valence-corrected chi connectivity index (χ1v) is 6.55. The number of aryl methyl sites for hydroxylation is 1. The highest BCUT2D eigenvalue weighted by molar-refractivity contribution is 5.34. The highest BCUT2D eigenvalue weighted by Crippen LogP contribution is 2.38. The summed E-state index contributed by atoms with van der Waals surface area (Å²) in [5.41, 5.74) is 2.35. The SMILES string of the molecule is Cc1ccc(F)cc1C1(CC(C)C)CCCN1. The second kappa shape index (κ2) is 4.77. The van der Waals surface area contributed by atoms with E-state index in [-0.39, 0.29) is 11.4 Å². The minimum absolute atomic E-state index is 0.000347. The Bertz CT molecular complexity index is 392. The van der Waals surface area contributed by atoms with Gasteiger partial charge >= 0.3 is 0 Å². The third kappa shape index (κ3) is 2.52. The van der Waals surface area contributed by atoms with Gasteiger partial charge in [-0.25, -0.2) is 4.39 Å². The minimum atomic E-state index is -0.123. The van der Waals surface area contributed by atoms with E-state index in [4.69, 9.17) is 0 Å². The van der Waals surface area contributed by atoms with Gasteiger partial charge in [0.1, 0.15) is 5.82 Å². The lowest BCUT2D eigenvalue weighted by atomic mass is 9.79. The van der Waals surface area contributed by atoms with Crippen LogP contribution in [0.4, 0.5) is 4.39 Å². The summed E-state index contributed by atoms with van der Waals surface area (Å²) in [6.45, 7) is 7.59. The molecule has 0 spiro atoms. The van der Waals surface area contributed by atoms with E-state index >= 15 is 0 Å². The molecular weight excluding hydrogens is 213 g/mol. The fourth-order valence-electron chi connectivity index (χ4n) is 3.13. The largest absolute Gasteiger partial charge is 0.307 e. The molecule has 0 aliphatic carbocycles. The Labute approximate surface area is 103 Å². The van der Waals surface area contributed by atoms with Crippen molar-refractivity contribution in [3.8, 4) is 0 Å². The second-order valence-corrected chi connectivity index (χ2v) is 5.67. The molecule has 0 radical (unpaired) electrons. The van der Waals surface area contributed by atoms with Gasteiger partial charge in [0.25, 0.3) is 0 Å². The minimum Gasteiger partial charge on any atom is -0.307 e. The summed E-state index contributed by atoms with van der Waals surface area (Å²) in [6.07, 6.45) is 3.38. The molecule has 1 aromatic carbocycles. The number of rotatable bonds is 3. The molecular formula is C15H22FN. The van der Waals surface area contributed by atoms with Gasteiger partial charge in [-0.3, -0.25) is 0 Å². The molecule has 1 saturated heterocycles. The molecule has 1 aromatic rings. The van der Waals surface area contributed by atoms with Crippen molar-refractivity contribution in [1.82, 2.24) is 5.32 Å². The normalized spacial score (nSPS) is 24.5. The lowest BCUT2D eigenvalue weighted by molar-refractivity contribution is 0.308. The number of benzene rings is 1. The standard InChI is InChI=1S/C15H22FN/c1-11(2)10-15(7-4-8-17-15)14-9-13(16)6-5-12(14)3/h5-6,9,11,17H,4,7-8,10H2,1-3H3. The molecule has 0 bridgehead atoms. The molecule has 0 saturated carbocycles. The Kier molecular flexibility index (Phi) is 3.53. The highest BCUT2D eigenvalue weighted by Gasteiger charge is 2.36. The molecule has 1 nitrogen and oxygen atoms in total. The molecule has 2 rings (SSSR count). The van der Waals surface area contributed by atoms with Crippen molar-refractivity contribution in [3.63, 3.8) is 0 Å². The Morgan fingerprint density at radius 1 is 1.41 bits per heavy atom. The van der Waals surface area contributed by atoms with E-state index in [9.17, 15) is 4.39 Å². The molecule has 1 aliphatic heterocycles. The predicted octanol–water partition coefficient (Wildman–Crippen LogP) is 3.76. The van der Waals surface area contributed by atoms with Crippen LogP contribution in [0.2, 0.25) is 0 Å². The van der Waals surface area contributed by atoms with Crippen LogP contribution in [0.3, 0.4) is 0 Å². The maximum atomic E-state index is 13.5. The van der Waals surface area contributed by atoms with E-state index in [0.717, 1.165) is 24.9 Å². The van der Waals surface area contributed by atoms with Crippen LogP contribution in [-0.4, -0.2) is 6.54 Å². The summed E-state index contributed by atoms with van der Waals surface area (Å²) in [4.78, 5) is 0. The Hall–Kier alpha value is -0.890. The van der Waals surface area contributed by atoms with Gasteiger partial charge in [0, 0.05) is 5.54 Å². The van der Waals surface area contributed by atoms with Crippen LogP contribution >= 0.6 is 0 Å². The maximum Gasteiger partial charge on any atom is 0.123 e. The zero-order valence-electron chi connectivity index (χ0n) is 11.0. The number of halogens is 1. The van der Waals surface area contributed by atoms with E-state index < -0.39 is 0 Å². The topological polar surface area (TPSA) is 12.0 Å². The summed E-state index contributed by atoms with van der Waals surface area (Å²) < 4.78 is 13.5. The number of hydrogen-bond acceptors (Lipinski definition) is 1. The Balaban J connectivity index is 2.41. The number of nitrogens with one attached hydrogen (secondary N) is 1. The van der Waals surface area contributed by atoms with Gasteiger partial charge < -0.3 is 5.32 Å². The smallest absolute Gasteiger partial charge is 0.123 e. The van der Waals surface area contributed by atoms with Gasteiger partial charge in [-0.2, -0.15) is 0 Å². The fourth-order valence-corrected chi connectivity index (χ4v) is 3.13. The second-order valence-electron chi connectivity index (χ2n) is 5.67. The van der Waals surface area contributed by atoms with Gasteiger partial charge in [-0.15, -0.1) is 0 Å². The molecule has 1 N–H and O–H groups in total. The van der Waals surface area contributed by atoms with Crippen LogP contribution in [0.1, 0.15) is 44.2 Å². The van der Waals surface area contributed by atoms with Crippen molar-refractivity contribution in [2.45, 2.75) is 45.6 Å². The summed E-state index contributed by atoms with van der Waals surface area (Å²) in [5.74, 6) is 0.491. The fraction of sp³-hybridized carbons (Fsp3) is 0.600. The van der Waals surface area contributed by atoms with Crippen molar-refractivity contribution in [3.05, 3.63) is 35.1 Å². The van der Waals surface area contributed by atoms with E-state index in [0.29, 0.717) is 5.92 Å². The molecule has 2 heteroatoms. The van der Waals surface area contributed by atoms with Gasteiger partial charge in [-0.1, -0.05) is 19.9 Å². The first-order valence-electron chi connectivity index (χ1n) is 6.55. The van der Waals surface area contributed by atoms with Crippen LogP contribution in [0.25, 0.3) is 0 Å². The lowest BCUT2D eigenvalue weighted by Crippen LogP contribution is -2.38. The van der Waals surface area contributed by atoms with Gasteiger partial charge in [0.2, 0.25) is 0 Å². The average Bonchev–Trinajstić information content (AvgIpc) is 2.70. The van der Waals surface area contributed by atoms with E-state index in [2.05, 4.69) is 26.1 Å². The lowest BCUT2D eigenvalue weighted by Gasteiger charge is -2.33. The predicted molar refractivity (Wildman–Crippen MR) is 69.5 cm³/mol. The van der Waals surface area contributed by atoms with Gasteiger partial charge in [0.05, 0.1) is 0 Å². The van der Waals surface area contributed by atoms with Crippen molar-refractivity contribution < 1.29 is 4.39 Å². The summed E-state index contributed by atoms with van der Waals surface area (Å²) in [5, 5.41) is 3.62. The molecule has 1 unspecified atom stereocenters. The van der Waals surface area contributed by atoms with E-state index in [1.54, 1.807) is 12.1 Å². The molecule has 1 fully saturated rings. The third-order valence-corrected chi connectivity index (χ3v) is 3.72.